The van der Waals surface area contributed by atoms with E-state index in [4.69, 9.17) is 24.3 Å². The molecule has 3 N–H and O–H groups in total. The van der Waals surface area contributed by atoms with Crippen LogP contribution in [0.5, 0.6) is 0 Å². The first-order valence-corrected chi connectivity index (χ1v) is 34.8. The Labute approximate surface area is 509 Å². The average molecular weight is 1170 g/mol. The van der Waals surface area contributed by atoms with Crippen molar-refractivity contribution in [3.05, 3.63) is 146 Å². The number of hydrogen-bond donors (Lipinski definition) is 2. The summed E-state index contributed by atoms with van der Waals surface area (Å²) in [6, 6.07) is 0. The first kappa shape index (κ1) is 78.9. The zero-order valence-corrected chi connectivity index (χ0v) is 53.8. The van der Waals surface area contributed by atoms with Gasteiger partial charge in [-0.1, -0.05) is 282 Å². The molecule has 472 valence electrons. The summed E-state index contributed by atoms with van der Waals surface area (Å²) in [4.78, 5) is 35.3. The summed E-state index contributed by atoms with van der Waals surface area (Å²) in [6.45, 7) is 3.61. The van der Waals surface area contributed by atoms with Crippen LogP contribution in [0.1, 0.15) is 271 Å². The minimum Gasteiger partial charge on any atom is -0.462 e. The van der Waals surface area contributed by atoms with Crippen molar-refractivity contribution in [2.45, 2.75) is 277 Å². The van der Waals surface area contributed by atoms with Gasteiger partial charge in [-0.05, 0) is 122 Å². The minimum absolute atomic E-state index is 0.0449. The lowest BCUT2D eigenvalue weighted by atomic mass is 10.0. The Kier molecular flexibility index (Phi) is 63.7. The van der Waals surface area contributed by atoms with Gasteiger partial charge in [-0.2, -0.15) is 0 Å². The second-order valence-electron chi connectivity index (χ2n) is 21.6. The largest absolute Gasteiger partial charge is 0.472 e. The van der Waals surface area contributed by atoms with Crippen molar-refractivity contribution in [2.24, 2.45) is 5.73 Å². The van der Waals surface area contributed by atoms with Crippen molar-refractivity contribution in [1.29, 1.82) is 0 Å². The predicted octanol–water partition coefficient (Wildman–Crippen LogP) is 21.9. The van der Waals surface area contributed by atoms with Gasteiger partial charge in [-0.3, -0.25) is 18.6 Å². The maximum atomic E-state index is 12.8. The zero-order valence-electron chi connectivity index (χ0n) is 52.9. The fourth-order valence-electron chi connectivity index (χ4n) is 8.81. The summed E-state index contributed by atoms with van der Waals surface area (Å²) in [5.41, 5.74) is 5.39. The molecule has 0 aromatic carbocycles. The highest BCUT2D eigenvalue weighted by Gasteiger charge is 2.26. The maximum Gasteiger partial charge on any atom is 0.472 e. The summed E-state index contributed by atoms with van der Waals surface area (Å²) >= 11 is 0. The van der Waals surface area contributed by atoms with E-state index in [1.54, 1.807) is 0 Å². The van der Waals surface area contributed by atoms with E-state index in [1.165, 1.54) is 109 Å². The number of hydrogen-bond acceptors (Lipinski definition) is 8. The van der Waals surface area contributed by atoms with Crippen LogP contribution in [-0.4, -0.2) is 49.3 Å². The van der Waals surface area contributed by atoms with Crippen LogP contribution in [0.25, 0.3) is 0 Å². The van der Waals surface area contributed by atoms with Gasteiger partial charge in [0.25, 0.3) is 0 Å². The van der Waals surface area contributed by atoms with Crippen LogP contribution >= 0.6 is 7.82 Å². The third kappa shape index (κ3) is 66.9. The SMILES string of the molecule is CC/C=C\C/C=C\C/C=C\C/C=C\C/C=C\C/C=C\C/C=C\C/C=C\C/C=C\CCCCCCCCCCCC(=O)OC(COC(=O)CCCCCCCCCCCC/C=C\C/C=C\C/C=C\CCCCCCC)COP(=O)(O)OCCN. The molecule has 83 heavy (non-hydrogen) atoms. The van der Waals surface area contributed by atoms with Crippen LogP contribution in [0.4, 0.5) is 0 Å². The molecule has 2 atom stereocenters. The lowest BCUT2D eigenvalue weighted by molar-refractivity contribution is -0.161. The molecule has 0 aliphatic rings. The van der Waals surface area contributed by atoms with Crippen LogP contribution < -0.4 is 5.73 Å². The molecule has 0 rings (SSSR count). The Morgan fingerprint density at radius 3 is 0.988 bits per heavy atom. The number of carbonyl (C=O) groups is 2. The molecule has 0 heterocycles. The molecule has 0 aliphatic heterocycles. The van der Waals surface area contributed by atoms with Gasteiger partial charge >= 0.3 is 19.8 Å². The molecule has 0 saturated carbocycles. The Balaban J connectivity index is 3.99. The van der Waals surface area contributed by atoms with Crippen molar-refractivity contribution in [1.82, 2.24) is 0 Å². The van der Waals surface area contributed by atoms with Gasteiger partial charge < -0.3 is 20.1 Å². The van der Waals surface area contributed by atoms with E-state index in [2.05, 4.69) is 160 Å². The molecule has 0 bridgehead atoms. The van der Waals surface area contributed by atoms with Crippen LogP contribution in [0.3, 0.4) is 0 Å². The van der Waals surface area contributed by atoms with Crippen LogP contribution in [-0.2, 0) is 32.7 Å². The number of nitrogens with two attached hydrogens (primary N) is 1. The number of allylic oxidation sites excluding steroid dienone is 24. The highest BCUT2D eigenvalue weighted by Crippen LogP contribution is 2.43. The Morgan fingerprint density at radius 1 is 0.373 bits per heavy atom. The van der Waals surface area contributed by atoms with E-state index >= 15 is 0 Å². The van der Waals surface area contributed by atoms with Crippen molar-refractivity contribution in [2.75, 3.05) is 26.4 Å². The smallest absolute Gasteiger partial charge is 0.462 e. The molecule has 0 fully saturated rings. The maximum absolute atomic E-state index is 12.8. The zero-order chi connectivity index (χ0) is 60.1. The van der Waals surface area contributed by atoms with Gasteiger partial charge in [0.1, 0.15) is 6.61 Å². The first-order valence-electron chi connectivity index (χ1n) is 33.3. The molecule has 2 unspecified atom stereocenters. The quantitative estimate of drug-likeness (QED) is 0.0264. The van der Waals surface area contributed by atoms with E-state index in [9.17, 15) is 19.0 Å². The monoisotopic (exact) mass is 1170 g/mol. The van der Waals surface area contributed by atoms with E-state index in [1.807, 2.05) is 0 Å². The molecule has 0 aliphatic carbocycles. The van der Waals surface area contributed by atoms with Crippen LogP contribution in [0, 0.1) is 0 Å². The molecule has 10 heteroatoms. The highest BCUT2D eigenvalue weighted by molar-refractivity contribution is 7.47. The van der Waals surface area contributed by atoms with Gasteiger partial charge in [-0.25, -0.2) is 4.57 Å². The third-order valence-electron chi connectivity index (χ3n) is 13.7. The van der Waals surface area contributed by atoms with Gasteiger partial charge in [0.05, 0.1) is 13.2 Å². The minimum atomic E-state index is -4.40. The number of carbonyl (C=O) groups excluding carboxylic acids is 2. The van der Waals surface area contributed by atoms with Gasteiger partial charge in [0, 0.05) is 19.4 Å². The number of phosphoric ester groups is 1. The first-order chi connectivity index (χ1) is 40.8. The van der Waals surface area contributed by atoms with Crippen molar-refractivity contribution in [3.63, 3.8) is 0 Å². The number of unbranched alkanes of at least 4 members (excludes halogenated alkanes) is 24. The Hall–Kier alpha value is -4.11. The standard InChI is InChI=1S/C73H122NO8P/c1-3-5-7-9-11-13-15-17-19-21-23-25-27-29-30-31-32-33-34-35-36-37-38-39-40-42-44-46-48-50-52-54-56-58-60-62-64-66-73(76)82-71(70-81-83(77,78)80-68-67-74)69-79-72(75)65-63-61-59-57-55-53-51-49-47-45-43-41-28-26-24-22-20-18-16-14-12-10-8-6-4-2/h5,7,11,13,16-19,22-25,28-30,32-33,35-36,38-39,41-42,44,71H,3-4,6,8-10,12,14-15,20-21,26-27,31,34,37,40,43,45-70,74H2,1-2H3,(H,77,78)/b7-5-,13-11-,18-16-,19-17-,24-22-,25-23-,30-29-,33-32-,36-35-,39-38-,41-28-,44-42-. The summed E-state index contributed by atoms with van der Waals surface area (Å²) < 4.78 is 33.1. The topological polar surface area (TPSA) is 134 Å². The number of rotatable bonds is 61. The summed E-state index contributed by atoms with van der Waals surface area (Å²) in [7, 11) is -4.40. The predicted molar refractivity (Wildman–Crippen MR) is 357 cm³/mol. The lowest BCUT2D eigenvalue weighted by Gasteiger charge is -2.19. The molecule has 0 saturated heterocycles. The number of esters is 2. The molecular formula is C73H122NO8P. The fraction of sp³-hybridized carbons (Fsp3) is 0.644. The second-order valence-corrected chi connectivity index (χ2v) is 23.1. The van der Waals surface area contributed by atoms with Crippen LogP contribution in [0.15, 0.2) is 146 Å². The Bertz CT molecular complexity index is 1870. The van der Waals surface area contributed by atoms with E-state index in [-0.39, 0.29) is 38.6 Å². The van der Waals surface area contributed by atoms with Gasteiger partial charge in [0.15, 0.2) is 6.10 Å². The summed E-state index contributed by atoms with van der Waals surface area (Å²) in [6.07, 6.45) is 96.3. The third-order valence-corrected chi connectivity index (χ3v) is 14.7. The molecule has 0 amide bonds. The van der Waals surface area contributed by atoms with Gasteiger partial charge in [0.2, 0.25) is 0 Å². The normalized spacial score (nSPS) is 13.9. The van der Waals surface area contributed by atoms with Crippen molar-refractivity contribution < 1.29 is 37.6 Å². The Morgan fingerprint density at radius 2 is 0.663 bits per heavy atom. The highest BCUT2D eigenvalue weighted by atomic mass is 31.2. The molecule has 0 aromatic rings. The molecular weight excluding hydrogens is 1050 g/mol. The van der Waals surface area contributed by atoms with Crippen molar-refractivity contribution in [3.8, 4) is 0 Å². The van der Waals surface area contributed by atoms with E-state index in [0.717, 1.165) is 128 Å². The average Bonchev–Trinajstić information content (AvgIpc) is 3.49. The number of phosphoric acid groups is 1. The second kappa shape index (κ2) is 67.0. The molecule has 9 nitrogen and oxygen atoms in total. The van der Waals surface area contributed by atoms with Crippen LogP contribution in [0.2, 0.25) is 0 Å². The number of ether oxygens (including phenoxy) is 2. The molecule has 0 spiro atoms. The fourth-order valence-corrected chi connectivity index (χ4v) is 9.58. The van der Waals surface area contributed by atoms with Crippen molar-refractivity contribution >= 4 is 19.8 Å². The lowest BCUT2D eigenvalue weighted by Crippen LogP contribution is -2.29. The summed E-state index contributed by atoms with van der Waals surface area (Å²) in [5.74, 6) is -0.844. The molecule has 0 aromatic heterocycles. The van der Waals surface area contributed by atoms with E-state index in [0.29, 0.717) is 6.42 Å². The van der Waals surface area contributed by atoms with Gasteiger partial charge in [-0.15, -0.1) is 0 Å². The molecule has 0 radical (unpaired) electrons. The summed E-state index contributed by atoms with van der Waals surface area (Å²) in [5, 5.41) is 0. The van der Waals surface area contributed by atoms with E-state index < -0.39 is 26.5 Å².